The summed E-state index contributed by atoms with van der Waals surface area (Å²) in [6.45, 7) is -0.691. The maximum absolute atomic E-state index is 13.0. The van der Waals surface area contributed by atoms with Crippen LogP contribution in [0.3, 0.4) is 0 Å². The van der Waals surface area contributed by atoms with E-state index >= 15 is 0 Å². The molecule has 0 aliphatic carbocycles. The van der Waals surface area contributed by atoms with Gasteiger partial charge in [0.25, 0.3) is 6.47 Å². The molecule has 0 amide bonds. The summed E-state index contributed by atoms with van der Waals surface area (Å²) in [7, 11) is 0. The SMILES string of the molecule is Nc1cc(F)c(F)c(COC=O)c1F. The molecular weight excluding hydrogens is 199 g/mol. The van der Waals surface area contributed by atoms with Gasteiger partial charge in [0.05, 0.1) is 11.3 Å². The number of rotatable bonds is 3. The Labute approximate surface area is 77.3 Å². The molecule has 3 nitrogen and oxygen atoms in total. The highest BCUT2D eigenvalue weighted by Crippen LogP contribution is 2.22. The Hall–Kier alpha value is -1.72. The molecule has 0 fully saturated rings. The Morgan fingerprint density at radius 2 is 2.00 bits per heavy atom. The summed E-state index contributed by atoms with van der Waals surface area (Å²) in [5.41, 5.74) is 3.80. The number of hydrogen-bond donors (Lipinski definition) is 1. The number of ether oxygens (including phenoxy) is 1. The van der Waals surface area contributed by atoms with Crippen molar-refractivity contribution in [3.8, 4) is 0 Å². The van der Waals surface area contributed by atoms with Crippen LogP contribution in [0.25, 0.3) is 0 Å². The molecule has 0 heterocycles. The molecule has 0 aliphatic rings. The first-order valence-electron chi connectivity index (χ1n) is 3.55. The molecule has 6 heteroatoms. The Morgan fingerprint density at radius 1 is 1.36 bits per heavy atom. The van der Waals surface area contributed by atoms with E-state index in [9.17, 15) is 18.0 Å². The number of carbonyl (C=O) groups is 1. The molecule has 0 saturated carbocycles. The summed E-state index contributed by atoms with van der Waals surface area (Å²) in [5.74, 6) is -3.81. The quantitative estimate of drug-likeness (QED) is 0.460. The van der Waals surface area contributed by atoms with Gasteiger partial charge in [-0.1, -0.05) is 0 Å². The normalized spacial score (nSPS) is 9.93. The molecule has 0 aliphatic heterocycles. The molecule has 0 unspecified atom stereocenters. The van der Waals surface area contributed by atoms with Gasteiger partial charge in [-0.3, -0.25) is 4.79 Å². The van der Waals surface area contributed by atoms with Gasteiger partial charge >= 0.3 is 0 Å². The molecule has 0 bridgehead atoms. The Balaban J connectivity index is 3.17. The van der Waals surface area contributed by atoms with Crippen LogP contribution in [0, 0.1) is 17.5 Å². The van der Waals surface area contributed by atoms with Gasteiger partial charge in [0.1, 0.15) is 6.61 Å². The molecule has 0 spiro atoms. The molecule has 2 N–H and O–H groups in total. The number of carbonyl (C=O) groups excluding carboxylic acids is 1. The minimum atomic E-state index is -1.40. The average Bonchev–Trinajstić information content (AvgIpc) is 2.15. The number of anilines is 1. The Morgan fingerprint density at radius 3 is 2.57 bits per heavy atom. The van der Waals surface area contributed by atoms with Crippen LogP contribution in [0.5, 0.6) is 0 Å². The zero-order valence-corrected chi connectivity index (χ0v) is 6.89. The van der Waals surface area contributed by atoms with E-state index in [1.807, 2.05) is 0 Å². The Kier molecular flexibility index (Phi) is 2.95. The van der Waals surface area contributed by atoms with E-state index in [-0.39, 0.29) is 6.47 Å². The monoisotopic (exact) mass is 205 g/mol. The van der Waals surface area contributed by atoms with Crippen molar-refractivity contribution in [2.24, 2.45) is 0 Å². The van der Waals surface area contributed by atoms with Crippen molar-refractivity contribution in [2.75, 3.05) is 5.73 Å². The van der Waals surface area contributed by atoms with Crippen molar-refractivity contribution >= 4 is 12.2 Å². The van der Waals surface area contributed by atoms with Gasteiger partial charge in [-0.25, -0.2) is 13.2 Å². The third kappa shape index (κ3) is 1.78. The second kappa shape index (κ2) is 3.99. The number of nitrogen functional groups attached to an aromatic ring is 1. The molecule has 1 aromatic carbocycles. The fourth-order valence-electron chi connectivity index (χ4n) is 0.922. The minimum Gasteiger partial charge on any atom is -0.463 e. The molecule has 0 atom stereocenters. The largest absolute Gasteiger partial charge is 0.463 e. The van der Waals surface area contributed by atoms with Crippen LogP contribution in [-0.2, 0) is 16.1 Å². The summed E-state index contributed by atoms with van der Waals surface area (Å²) in [6, 6.07) is 0.523. The van der Waals surface area contributed by atoms with Gasteiger partial charge in [-0.05, 0) is 0 Å². The van der Waals surface area contributed by atoms with Gasteiger partial charge in [0.15, 0.2) is 17.5 Å². The summed E-state index contributed by atoms with van der Waals surface area (Å²) in [5, 5.41) is 0. The van der Waals surface area contributed by atoms with Crippen LogP contribution in [0.4, 0.5) is 18.9 Å². The molecule has 0 aromatic heterocycles. The van der Waals surface area contributed by atoms with Crippen LogP contribution in [0.1, 0.15) is 5.56 Å². The molecule has 0 saturated heterocycles. The van der Waals surface area contributed by atoms with Crippen LogP contribution in [0.2, 0.25) is 0 Å². The van der Waals surface area contributed by atoms with Crippen molar-refractivity contribution in [2.45, 2.75) is 6.61 Å². The van der Waals surface area contributed by atoms with E-state index in [1.54, 1.807) is 0 Å². The average molecular weight is 205 g/mol. The molecular formula is C8H6F3NO2. The molecule has 14 heavy (non-hydrogen) atoms. The van der Waals surface area contributed by atoms with E-state index in [0.29, 0.717) is 6.07 Å². The predicted octanol–water partition coefficient (Wildman–Crippen LogP) is 1.36. The first-order valence-corrected chi connectivity index (χ1v) is 3.55. The zero-order valence-electron chi connectivity index (χ0n) is 6.89. The zero-order chi connectivity index (χ0) is 10.7. The summed E-state index contributed by atoms with van der Waals surface area (Å²) >= 11 is 0. The molecule has 1 aromatic rings. The number of halogens is 3. The highest BCUT2D eigenvalue weighted by molar-refractivity contribution is 5.45. The van der Waals surface area contributed by atoms with Crippen molar-refractivity contribution < 1.29 is 22.7 Å². The number of benzene rings is 1. The maximum Gasteiger partial charge on any atom is 0.293 e. The summed E-state index contributed by atoms with van der Waals surface area (Å²) < 4.78 is 42.7. The first kappa shape index (κ1) is 10.4. The lowest BCUT2D eigenvalue weighted by Crippen LogP contribution is -2.05. The smallest absolute Gasteiger partial charge is 0.293 e. The second-order valence-electron chi connectivity index (χ2n) is 2.46. The predicted molar refractivity (Wildman–Crippen MR) is 41.6 cm³/mol. The second-order valence-corrected chi connectivity index (χ2v) is 2.46. The lowest BCUT2D eigenvalue weighted by molar-refractivity contribution is -0.129. The van der Waals surface area contributed by atoms with Crippen molar-refractivity contribution in [1.82, 2.24) is 0 Å². The molecule has 76 valence electrons. The van der Waals surface area contributed by atoms with Gasteiger partial charge < -0.3 is 10.5 Å². The first-order chi connectivity index (χ1) is 6.57. The third-order valence-corrected chi connectivity index (χ3v) is 1.57. The maximum atomic E-state index is 13.0. The fraction of sp³-hybridized carbons (Fsp3) is 0.125. The highest BCUT2D eigenvalue weighted by Gasteiger charge is 2.17. The lowest BCUT2D eigenvalue weighted by atomic mass is 10.1. The summed E-state index contributed by atoms with van der Waals surface area (Å²) in [6.07, 6.45) is 0. The van der Waals surface area contributed by atoms with Gasteiger partial charge in [0.2, 0.25) is 0 Å². The Bertz CT molecular complexity index is 342. The van der Waals surface area contributed by atoms with Gasteiger partial charge in [-0.2, -0.15) is 0 Å². The van der Waals surface area contributed by atoms with Crippen LogP contribution >= 0.6 is 0 Å². The minimum absolute atomic E-state index is 0.0000246. The fourth-order valence-corrected chi connectivity index (χ4v) is 0.922. The van der Waals surface area contributed by atoms with Gasteiger partial charge in [0, 0.05) is 6.07 Å². The van der Waals surface area contributed by atoms with Crippen molar-refractivity contribution in [1.29, 1.82) is 0 Å². The topological polar surface area (TPSA) is 52.3 Å². The van der Waals surface area contributed by atoms with Crippen LogP contribution < -0.4 is 5.73 Å². The van der Waals surface area contributed by atoms with E-state index < -0.39 is 35.3 Å². The summed E-state index contributed by atoms with van der Waals surface area (Å²) in [4.78, 5) is 9.78. The highest BCUT2D eigenvalue weighted by atomic mass is 19.2. The molecule has 1 rings (SSSR count). The van der Waals surface area contributed by atoms with E-state index in [4.69, 9.17) is 5.73 Å². The van der Waals surface area contributed by atoms with Crippen molar-refractivity contribution in [3.05, 3.63) is 29.1 Å². The number of nitrogens with two attached hydrogens (primary N) is 1. The van der Waals surface area contributed by atoms with Gasteiger partial charge in [-0.15, -0.1) is 0 Å². The lowest BCUT2D eigenvalue weighted by Gasteiger charge is -2.06. The number of hydrogen-bond acceptors (Lipinski definition) is 3. The molecule has 0 radical (unpaired) electrons. The van der Waals surface area contributed by atoms with E-state index in [1.165, 1.54) is 0 Å². The van der Waals surface area contributed by atoms with E-state index in [2.05, 4.69) is 4.74 Å². The van der Waals surface area contributed by atoms with Crippen molar-refractivity contribution in [3.63, 3.8) is 0 Å². The van der Waals surface area contributed by atoms with E-state index in [0.717, 1.165) is 0 Å². The standard InChI is InChI=1S/C8H6F3NO2/c9-5-1-6(12)8(11)4(7(5)10)2-14-3-13/h1,3H,2,12H2. The van der Waals surface area contributed by atoms with Crippen LogP contribution in [0.15, 0.2) is 6.07 Å². The van der Waals surface area contributed by atoms with Crippen LogP contribution in [-0.4, -0.2) is 6.47 Å². The third-order valence-electron chi connectivity index (χ3n) is 1.57.